The SMILES string of the molecule is CC(Nc1cc(F)ccc1Cl)c1ccc(Br)cc1F. The van der Waals surface area contributed by atoms with E-state index in [0.29, 0.717) is 20.7 Å². The van der Waals surface area contributed by atoms with Gasteiger partial charge in [0.1, 0.15) is 11.6 Å². The average molecular weight is 347 g/mol. The third kappa shape index (κ3) is 3.45. The smallest absolute Gasteiger partial charge is 0.129 e. The number of hydrogen-bond acceptors (Lipinski definition) is 1. The Morgan fingerprint density at radius 3 is 2.58 bits per heavy atom. The lowest BCUT2D eigenvalue weighted by Crippen LogP contribution is -2.09. The van der Waals surface area contributed by atoms with Gasteiger partial charge in [0, 0.05) is 10.0 Å². The monoisotopic (exact) mass is 345 g/mol. The molecular formula is C14H11BrClF2N. The number of halogens is 4. The molecule has 0 saturated carbocycles. The van der Waals surface area contributed by atoms with E-state index >= 15 is 0 Å². The normalized spacial score (nSPS) is 12.3. The molecule has 0 aliphatic heterocycles. The van der Waals surface area contributed by atoms with Crippen molar-refractivity contribution in [3.8, 4) is 0 Å². The van der Waals surface area contributed by atoms with Crippen molar-refractivity contribution in [3.63, 3.8) is 0 Å². The lowest BCUT2D eigenvalue weighted by Gasteiger charge is -2.17. The summed E-state index contributed by atoms with van der Waals surface area (Å²) in [7, 11) is 0. The minimum Gasteiger partial charge on any atom is -0.377 e. The van der Waals surface area contributed by atoms with Crippen LogP contribution in [0.2, 0.25) is 5.02 Å². The van der Waals surface area contributed by atoms with Gasteiger partial charge in [-0.2, -0.15) is 0 Å². The Bertz CT molecular complexity index is 604. The molecule has 0 bridgehead atoms. The van der Waals surface area contributed by atoms with Gasteiger partial charge < -0.3 is 5.32 Å². The lowest BCUT2D eigenvalue weighted by molar-refractivity contribution is 0.599. The summed E-state index contributed by atoms with van der Waals surface area (Å²) < 4.78 is 27.6. The molecule has 0 amide bonds. The van der Waals surface area contributed by atoms with Crippen molar-refractivity contribution in [2.24, 2.45) is 0 Å². The van der Waals surface area contributed by atoms with Crippen LogP contribution in [0.25, 0.3) is 0 Å². The summed E-state index contributed by atoms with van der Waals surface area (Å²) in [6, 6.07) is 8.51. The molecule has 2 rings (SSSR count). The van der Waals surface area contributed by atoms with E-state index in [4.69, 9.17) is 11.6 Å². The largest absolute Gasteiger partial charge is 0.377 e. The Morgan fingerprint density at radius 2 is 1.89 bits per heavy atom. The predicted octanol–water partition coefficient (Wildman–Crippen LogP) is 5.55. The molecule has 1 unspecified atom stereocenters. The third-order valence-electron chi connectivity index (χ3n) is 2.73. The molecule has 0 heterocycles. The van der Waals surface area contributed by atoms with Gasteiger partial charge in [0.25, 0.3) is 0 Å². The number of nitrogens with one attached hydrogen (secondary N) is 1. The van der Waals surface area contributed by atoms with Crippen molar-refractivity contribution in [2.75, 3.05) is 5.32 Å². The van der Waals surface area contributed by atoms with Gasteiger partial charge in [0.15, 0.2) is 0 Å². The molecule has 0 radical (unpaired) electrons. The Morgan fingerprint density at radius 1 is 1.16 bits per heavy atom. The van der Waals surface area contributed by atoms with Crippen LogP contribution in [0.1, 0.15) is 18.5 Å². The van der Waals surface area contributed by atoms with Crippen molar-refractivity contribution in [1.82, 2.24) is 0 Å². The molecule has 0 aliphatic rings. The first-order valence-electron chi connectivity index (χ1n) is 5.64. The van der Waals surface area contributed by atoms with Crippen LogP contribution in [0.4, 0.5) is 14.5 Å². The van der Waals surface area contributed by atoms with Gasteiger partial charge in [-0.25, -0.2) is 8.78 Å². The van der Waals surface area contributed by atoms with Crippen molar-refractivity contribution >= 4 is 33.2 Å². The maximum Gasteiger partial charge on any atom is 0.129 e. The van der Waals surface area contributed by atoms with Gasteiger partial charge in [-0.05, 0) is 37.3 Å². The molecule has 1 atom stereocenters. The van der Waals surface area contributed by atoms with E-state index in [2.05, 4.69) is 21.2 Å². The van der Waals surface area contributed by atoms with Crippen LogP contribution in [-0.4, -0.2) is 0 Å². The second-order valence-electron chi connectivity index (χ2n) is 4.16. The van der Waals surface area contributed by atoms with Crippen LogP contribution in [0.15, 0.2) is 40.9 Å². The zero-order chi connectivity index (χ0) is 14.0. The van der Waals surface area contributed by atoms with E-state index in [1.165, 1.54) is 24.3 Å². The number of rotatable bonds is 3. The van der Waals surface area contributed by atoms with Crippen LogP contribution in [0.5, 0.6) is 0 Å². The number of anilines is 1. The maximum absolute atomic E-state index is 13.8. The fourth-order valence-electron chi connectivity index (χ4n) is 1.77. The van der Waals surface area contributed by atoms with Crippen LogP contribution < -0.4 is 5.32 Å². The van der Waals surface area contributed by atoms with E-state index < -0.39 is 5.82 Å². The van der Waals surface area contributed by atoms with Crippen molar-refractivity contribution in [1.29, 1.82) is 0 Å². The summed E-state index contributed by atoms with van der Waals surface area (Å²) in [6.07, 6.45) is 0. The van der Waals surface area contributed by atoms with E-state index in [1.807, 2.05) is 0 Å². The van der Waals surface area contributed by atoms with Gasteiger partial charge in [0.05, 0.1) is 16.8 Å². The summed E-state index contributed by atoms with van der Waals surface area (Å²) in [5.74, 6) is -0.725. The van der Waals surface area contributed by atoms with Gasteiger partial charge in [-0.1, -0.05) is 33.6 Å². The van der Waals surface area contributed by atoms with Crippen LogP contribution in [0.3, 0.4) is 0 Å². The van der Waals surface area contributed by atoms with Gasteiger partial charge in [0.2, 0.25) is 0 Å². The third-order valence-corrected chi connectivity index (χ3v) is 3.55. The molecule has 2 aromatic rings. The minimum absolute atomic E-state index is 0.326. The van der Waals surface area contributed by atoms with Crippen molar-refractivity contribution < 1.29 is 8.78 Å². The molecule has 0 fully saturated rings. The van der Waals surface area contributed by atoms with Crippen LogP contribution in [-0.2, 0) is 0 Å². The Kier molecular flexibility index (Phi) is 4.42. The predicted molar refractivity (Wildman–Crippen MR) is 77.5 cm³/mol. The Labute approximate surface area is 123 Å². The van der Waals surface area contributed by atoms with Gasteiger partial charge >= 0.3 is 0 Å². The topological polar surface area (TPSA) is 12.0 Å². The molecule has 0 aromatic heterocycles. The molecule has 19 heavy (non-hydrogen) atoms. The molecular weight excluding hydrogens is 336 g/mol. The molecule has 0 aliphatic carbocycles. The standard InChI is InChI=1S/C14H11BrClF2N/c1-8(11-4-2-9(15)6-13(11)18)19-14-7-10(17)3-5-12(14)16/h2-8,19H,1H3. The lowest BCUT2D eigenvalue weighted by atomic mass is 10.1. The summed E-state index contributed by atoms with van der Waals surface area (Å²) in [4.78, 5) is 0. The molecule has 0 saturated heterocycles. The molecule has 1 N–H and O–H groups in total. The summed E-state index contributed by atoms with van der Waals surface area (Å²) in [5.41, 5.74) is 0.931. The van der Waals surface area contributed by atoms with Crippen LogP contribution in [0, 0.1) is 11.6 Å². The zero-order valence-corrected chi connectivity index (χ0v) is 12.4. The Hall–Kier alpha value is -1.13. The Balaban J connectivity index is 2.25. The molecule has 2 aromatic carbocycles. The van der Waals surface area contributed by atoms with Crippen molar-refractivity contribution in [3.05, 3.63) is 63.1 Å². The average Bonchev–Trinajstić information content (AvgIpc) is 2.33. The zero-order valence-electron chi connectivity index (χ0n) is 10.1. The highest BCUT2D eigenvalue weighted by molar-refractivity contribution is 9.10. The summed E-state index contributed by atoms with van der Waals surface area (Å²) >= 11 is 9.16. The second kappa shape index (κ2) is 5.88. The molecule has 1 nitrogen and oxygen atoms in total. The summed E-state index contributed by atoms with van der Waals surface area (Å²) in [5, 5.41) is 3.39. The van der Waals surface area contributed by atoms with Crippen LogP contribution >= 0.6 is 27.5 Å². The molecule has 100 valence electrons. The highest BCUT2D eigenvalue weighted by Crippen LogP contribution is 2.28. The molecule has 5 heteroatoms. The van der Waals surface area contributed by atoms with E-state index in [9.17, 15) is 8.78 Å². The first-order valence-corrected chi connectivity index (χ1v) is 6.81. The van der Waals surface area contributed by atoms with E-state index in [-0.39, 0.29) is 11.9 Å². The molecule has 0 spiro atoms. The first kappa shape index (κ1) is 14.3. The van der Waals surface area contributed by atoms with E-state index in [0.717, 1.165) is 0 Å². The maximum atomic E-state index is 13.8. The van der Waals surface area contributed by atoms with Gasteiger partial charge in [-0.3, -0.25) is 0 Å². The number of hydrogen-bond donors (Lipinski definition) is 1. The second-order valence-corrected chi connectivity index (χ2v) is 5.48. The highest BCUT2D eigenvalue weighted by atomic mass is 79.9. The first-order chi connectivity index (χ1) is 8.97. The summed E-state index contributed by atoms with van der Waals surface area (Å²) in [6.45, 7) is 1.79. The fourth-order valence-corrected chi connectivity index (χ4v) is 2.28. The fraction of sp³-hybridized carbons (Fsp3) is 0.143. The highest BCUT2D eigenvalue weighted by Gasteiger charge is 2.13. The van der Waals surface area contributed by atoms with Crippen molar-refractivity contribution in [2.45, 2.75) is 13.0 Å². The number of benzene rings is 2. The quantitative estimate of drug-likeness (QED) is 0.768. The minimum atomic E-state index is -0.393. The van der Waals surface area contributed by atoms with Gasteiger partial charge in [-0.15, -0.1) is 0 Å². The van der Waals surface area contributed by atoms with E-state index in [1.54, 1.807) is 19.1 Å².